The van der Waals surface area contributed by atoms with Crippen LogP contribution in [-0.2, 0) is 21.2 Å². The minimum Gasteiger partial charge on any atom is -0.340 e. The van der Waals surface area contributed by atoms with Crippen LogP contribution < -0.4 is 15.4 Å². The summed E-state index contributed by atoms with van der Waals surface area (Å²) in [6.07, 6.45) is 0.282. The molecule has 0 saturated heterocycles. The minimum absolute atomic E-state index is 0.125. The Morgan fingerprint density at radius 3 is 2.10 bits per heavy atom. The summed E-state index contributed by atoms with van der Waals surface area (Å²) in [5.74, 6) is -0.765. The fourth-order valence-corrected chi connectivity index (χ4v) is 5.95. The van der Waals surface area contributed by atoms with Gasteiger partial charge in [-0.2, -0.15) is 0 Å². The van der Waals surface area contributed by atoms with Crippen molar-refractivity contribution in [3.05, 3.63) is 108 Å². The lowest BCUT2D eigenvalue weighted by Gasteiger charge is -2.22. The van der Waals surface area contributed by atoms with Gasteiger partial charge in [0.15, 0.2) is 0 Å². The molecular formula is C31H33N3O4S. The van der Waals surface area contributed by atoms with Gasteiger partial charge in [0.25, 0.3) is 5.91 Å². The predicted octanol–water partition coefficient (Wildman–Crippen LogP) is 5.20. The van der Waals surface area contributed by atoms with Crippen LogP contribution in [0.5, 0.6) is 0 Å². The number of carbonyl (C=O) groups is 2. The van der Waals surface area contributed by atoms with E-state index in [2.05, 4.69) is 15.4 Å². The highest BCUT2D eigenvalue weighted by Gasteiger charge is 2.26. The van der Waals surface area contributed by atoms with E-state index < -0.39 is 27.5 Å². The number of sulfonamides is 1. The van der Waals surface area contributed by atoms with Crippen molar-refractivity contribution in [3.8, 4) is 0 Å². The first-order chi connectivity index (χ1) is 18.4. The van der Waals surface area contributed by atoms with Gasteiger partial charge in [0.2, 0.25) is 15.9 Å². The molecule has 0 aliphatic carbocycles. The quantitative estimate of drug-likeness (QED) is 0.284. The van der Waals surface area contributed by atoms with E-state index in [-0.39, 0.29) is 17.2 Å². The van der Waals surface area contributed by atoms with Crippen LogP contribution in [0.2, 0.25) is 0 Å². The SMILES string of the molecule is Cc1ccc(C(=O)N[C@@H](Cc2ccccc2)C(=O)Nc2cccc3c(S(=O)(=O)NC(C)(C)C)cccc23)cc1. The number of carbonyl (C=O) groups excluding carboxylic acids is 2. The van der Waals surface area contributed by atoms with Crippen LogP contribution in [0, 0.1) is 6.92 Å². The third-order valence-corrected chi connectivity index (χ3v) is 7.90. The first-order valence-electron chi connectivity index (χ1n) is 12.7. The van der Waals surface area contributed by atoms with E-state index in [0.717, 1.165) is 11.1 Å². The van der Waals surface area contributed by atoms with Crippen molar-refractivity contribution >= 4 is 38.3 Å². The standard InChI is InChI=1S/C31H33N3O4S/c1-21-16-18-23(19-17-21)29(35)33-27(20-22-10-6-5-7-11-22)30(36)32-26-14-8-13-25-24(26)12-9-15-28(25)39(37,38)34-31(2,3)4/h5-19,27,34H,20H2,1-4H3,(H,32,36)(H,33,35)/t27-/m0/s1. The summed E-state index contributed by atoms with van der Waals surface area (Å²) in [6.45, 7) is 7.27. The van der Waals surface area contributed by atoms with E-state index in [1.165, 1.54) is 0 Å². The molecule has 0 fully saturated rings. The minimum atomic E-state index is -3.82. The second-order valence-corrected chi connectivity index (χ2v) is 12.2. The Labute approximate surface area is 229 Å². The average Bonchev–Trinajstić information content (AvgIpc) is 2.87. The Morgan fingerprint density at radius 2 is 1.44 bits per heavy atom. The molecule has 0 spiro atoms. The smallest absolute Gasteiger partial charge is 0.251 e. The first-order valence-corrected chi connectivity index (χ1v) is 14.2. The summed E-state index contributed by atoms with van der Waals surface area (Å²) in [5, 5.41) is 6.86. The van der Waals surface area contributed by atoms with Gasteiger partial charge in [-0.1, -0.05) is 72.3 Å². The Kier molecular flexibility index (Phi) is 8.18. The normalized spacial score (nSPS) is 12.6. The maximum absolute atomic E-state index is 13.6. The molecule has 0 unspecified atom stereocenters. The maximum atomic E-state index is 13.6. The number of rotatable bonds is 8. The van der Waals surface area contributed by atoms with Gasteiger partial charge in [-0.15, -0.1) is 0 Å². The second kappa shape index (κ2) is 11.4. The lowest BCUT2D eigenvalue weighted by Crippen LogP contribution is -2.45. The van der Waals surface area contributed by atoms with Gasteiger partial charge in [-0.3, -0.25) is 9.59 Å². The van der Waals surface area contributed by atoms with Crippen LogP contribution in [0.1, 0.15) is 42.3 Å². The molecular weight excluding hydrogens is 510 g/mol. The van der Waals surface area contributed by atoms with Crippen molar-refractivity contribution in [1.82, 2.24) is 10.0 Å². The van der Waals surface area contributed by atoms with Crippen molar-refractivity contribution in [2.24, 2.45) is 0 Å². The van der Waals surface area contributed by atoms with E-state index in [1.54, 1.807) is 69.3 Å². The zero-order valence-corrected chi connectivity index (χ0v) is 23.3. The van der Waals surface area contributed by atoms with E-state index >= 15 is 0 Å². The first kappa shape index (κ1) is 28.0. The zero-order chi connectivity index (χ0) is 28.2. The van der Waals surface area contributed by atoms with Gasteiger partial charge in [0, 0.05) is 34.0 Å². The monoisotopic (exact) mass is 543 g/mol. The molecule has 0 aliphatic heterocycles. The summed E-state index contributed by atoms with van der Waals surface area (Å²) in [4.78, 5) is 26.7. The number of amides is 2. The molecule has 3 N–H and O–H groups in total. The molecule has 2 amide bonds. The lowest BCUT2D eigenvalue weighted by molar-refractivity contribution is -0.118. The summed E-state index contributed by atoms with van der Waals surface area (Å²) < 4.78 is 29.0. The van der Waals surface area contributed by atoms with Crippen molar-refractivity contribution < 1.29 is 18.0 Å². The third-order valence-electron chi connectivity index (χ3n) is 6.09. The van der Waals surface area contributed by atoms with Crippen LogP contribution in [0.15, 0.2) is 95.9 Å². The predicted molar refractivity (Wildman–Crippen MR) is 155 cm³/mol. The van der Waals surface area contributed by atoms with Gasteiger partial charge >= 0.3 is 0 Å². The van der Waals surface area contributed by atoms with Gasteiger partial charge in [0.05, 0.1) is 4.90 Å². The van der Waals surface area contributed by atoms with Crippen LogP contribution in [0.4, 0.5) is 5.69 Å². The molecule has 4 aromatic carbocycles. The second-order valence-electron chi connectivity index (χ2n) is 10.6. The average molecular weight is 544 g/mol. The third kappa shape index (κ3) is 7.10. The molecule has 0 radical (unpaired) electrons. The van der Waals surface area contributed by atoms with Gasteiger partial charge in [0.1, 0.15) is 6.04 Å². The van der Waals surface area contributed by atoms with Gasteiger partial charge in [-0.25, -0.2) is 13.1 Å². The Balaban J connectivity index is 1.65. The number of fused-ring (bicyclic) bond motifs is 1. The van der Waals surface area contributed by atoms with Crippen LogP contribution in [0.25, 0.3) is 10.8 Å². The summed E-state index contributed by atoms with van der Waals surface area (Å²) in [7, 11) is -3.82. The van der Waals surface area contributed by atoms with Gasteiger partial charge < -0.3 is 10.6 Å². The summed E-state index contributed by atoms with van der Waals surface area (Å²) in [5.41, 5.74) is 2.17. The number of benzene rings is 4. The van der Waals surface area contributed by atoms with Crippen LogP contribution >= 0.6 is 0 Å². The van der Waals surface area contributed by atoms with Crippen molar-refractivity contribution in [1.29, 1.82) is 0 Å². The Morgan fingerprint density at radius 1 is 0.795 bits per heavy atom. The number of hydrogen-bond acceptors (Lipinski definition) is 4. The number of anilines is 1. The maximum Gasteiger partial charge on any atom is 0.251 e. The van der Waals surface area contributed by atoms with Crippen molar-refractivity contribution in [2.45, 2.75) is 50.6 Å². The van der Waals surface area contributed by atoms with Crippen molar-refractivity contribution in [3.63, 3.8) is 0 Å². The fraction of sp³-hybridized carbons (Fsp3) is 0.226. The van der Waals surface area contributed by atoms with E-state index in [9.17, 15) is 18.0 Å². The summed E-state index contributed by atoms with van der Waals surface area (Å²) >= 11 is 0. The molecule has 4 rings (SSSR count). The highest BCUT2D eigenvalue weighted by Crippen LogP contribution is 2.29. The molecule has 8 heteroatoms. The molecule has 1 atom stereocenters. The number of hydrogen-bond donors (Lipinski definition) is 3. The molecule has 39 heavy (non-hydrogen) atoms. The molecule has 202 valence electrons. The molecule has 0 aromatic heterocycles. The Hall–Kier alpha value is -4.01. The number of nitrogens with one attached hydrogen (secondary N) is 3. The molecule has 0 bridgehead atoms. The molecule has 0 heterocycles. The van der Waals surface area contributed by atoms with Crippen LogP contribution in [0.3, 0.4) is 0 Å². The molecule has 0 aliphatic rings. The number of aryl methyl sites for hydroxylation is 1. The lowest BCUT2D eigenvalue weighted by atomic mass is 10.0. The largest absolute Gasteiger partial charge is 0.340 e. The van der Waals surface area contributed by atoms with Gasteiger partial charge in [-0.05, 0) is 57.5 Å². The Bertz CT molecular complexity index is 1590. The topological polar surface area (TPSA) is 104 Å². The zero-order valence-electron chi connectivity index (χ0n) is 22.5. The fourth-order valence-electron chi connectivity index (χ4n) is 4.31. The van der Waals surface area contributed by atoms with Crippen LogP contribution in [-0.4, -0.2) is 31.8 Å². The molecule has 7 nitrogen and oxygen atoms in total. The van der Waals surface area contributed by atoms with E-state index in [4.69, 9.17) is 0 Å². The molecule has 4 aromatic rings. The molecule has 0 saturated carbocycles. The summed E-state index contributed by atoms with van der Waals surface area (Å²) in [6, 6.07) is 25.8. The van der Waals surface area contributed by atoms with E-state index in [1.807, 2.05) is 49.4 Å². The highest BCUT2D eigenvalue weighted by molar-refractivity contribution is 7.89. The highest BCUT2D eigenvalue weighted by atomic mass is 32.2. The van der Waals surface area contributed by atoms with E-state index in [0.29, 0.717) is 22.0 Å². The van der Waals surface area contributed by atoms with Crippen molar-refractivity contribution in [2.75, 3.05) is 5.32 Å².